The van der Waals surface area contributed by atoms with Gasteiger partial charge in [-0.15, -0.1) is 11.8 Å². The van der Waals surface area contributed by atoms with Gasteiger partial charge in [0.15, 0.2) is 11.5 Å². The molecule has 1 aliphatic heterocycles. The topological polar surface area (TPSA) is 90.0 Å². The van der Waals surface area contributed by atoms with E-state index in [2.05, 4.69) is 10.3 Å². The smallest absolute Gasteiger partial charge is 0.255 e. The average molecular weight is 417 g/mol. The fourth-order valence-electron chi connectivity index (χ4n) is 3.03. The molecule has 8 nitrogen and oxygen atoms in total. The molecule has 9 heteroatoms. The van der Waals surface area contributed by atoms with Gasteiger partial charge < -0.3 is 24.4 Å². The van der Waals surface area contributed by atoms with Crippen LogP contribution < -0.4 is 19.5 Å². The van der Waals surface area contributed by atoms with Gasteiger partial charge in [0.25, 0.3) is 5.91 Å². The van der Waals surface area contributed by atoms with E-state index >= 15 is 0 Å². The number of benzene rings is 1. The average Bonchev–Trinajstić information content (AvgIpc) is 3.26. The molecular weight excluding hydrogens is 394 g/mol. The highest BCUT2D eigenvalue weighted by molar-refractivity contribution is 7.99. The van der Waals surface area contributed by atoms with Crippen LogP contribution in [0.3, 0.4) is 0 Å². The SMILES string of the molecule is COc1cc(C(=O)N2CSCC2C(=O)NCc2ccccn2)cc(OC)c1OC. The number of hydrogen-bond acceptors (Lipinski definition) is 7. The van der Waals surface area contributed by atoms with Gasteiger partial charge in [-0.3, -0.25) is 14.6 Å². The zero-order valence-corrected chi connectivity index (χ0v) is 17.3. The van der Waals surface area contributed by atoms with Gasteiger partial charge in [0.2, 0.25) is 11.7 Å². The van der Waals surface area contributed by atoms with Crippen LogP contribution >= 0.6 is 11.8 Å². The number of nitrogens with one attached hydrogen (secondary N) is 1. The van der Waals surface area contributed by atoms with E-state index < -0.39 is 6.04 Å². The number of rotatable bonds is 7. The van der Waals surface area contributed by atoms with E-state index in [1.54, 1.807) is 23.2 Å². The van der Waals surface area contributed by atoms with E-state index in [1.807, 2.05) is 18.2 Å². The van der Waals surface area contributed by atoms with E-state index in [9.17, 15) is 9.59 Å². The minimum Gasteiger partial charge on any atom is -0.493 e. The summed E-state index contributed by atoms with van der Waals surface area (Å²) in [5.41, 5.74) is 1.12. The van der Waals surface area contributed by atoms with Crippen molar-refractivity contribution < 1.29 is 23.8 Å². The maximum atomic E-state index is 13.1. The highest BCUT2D eigenvalue weighted by Crippen LogP contribution is 2.39. The fourth-order valence-corrected chi connectivity index (χ4v) is 4.18. The predicted octanol–water partition coefficient (Wildman–Crippen LogP) is 1.94. The molecule has 2 amide bonds. The normalized spacial score (nSPS) is 15.7. The number of aromatic nitrogens is 1. The minimum atomic E-state index is -0.560. The quantitative estimate of drug-likeness (QED) is 0.736. The Balaban J connectivity index is 1.76. The number of carbonyl (C=O) groups is 2. The van der Waals surface area contributed by atoms with Crippen molar-refractivity contribution in [3.8, 4) is 17.2 Å². The lowest BCUT2D eigenvalue weighted by Crippen LogP contribution is -2.47. The molecule has 1 saturated heterocycles. The molecule has 1 unspecified atom stereocenters. The van der Waals surface area contributed by atoms with Crippen LogP contribution in [0.4, 0.5) is 0 Å². The van der Waals surface area contributed by atoms with Crippen molar-refractivity contribution in [2.24, 2.45) is 0 Å². The Morgan fingerprint density at radius 2 is 1.90 bits per heavy atom. The molecule has 1 aromatic carbocycles. The van der Waals surface area contributed by atoms with Gasteiger partial charge >= 0.3 is 0 Å². The largest absolute Gasteiger partial charge is 0.493 e. The number of amides is 2. The van der Waals surface area contributed by atoms with Gasteiger partial charge in [-0.05, 0) is 24.3 Å². The lowest BCUT2D eigenvalue weighted by atomic mass is 10.1. The second kappa shape index (κ2) is 9.51. The van der Waals surface area contributed by atoms with Gasteiger partial charge in [-0.25, -0.2) is 0 Å². The Labute approximate surface area is 173 Å². The molecule has 3 rings (SSSR count). The molecule has 29 heavy (non-hydrogen) atoms. The Kier molecular flexibility index (Phi) is 6.82. The first kappa shape index (κ1) is 20.8. The number of nitrogens with zero attached hydrogens (tertiary/aromatic N) is 2. The number of thioether (sulfide) groups is 1. The number of pyridine rings is 1. The van der Waals surface area contributed by atoms with E-state index in [0.717, 1.165) is 5.69 Å². The molecule has 2 aromatic rings. The number of ether oxygens (including phenoxy) is 3. The number of methoxy groups -OCH3 is 3. The van der Waals surface area contributed by atoms with Crippen molar-refractivity contribution in [2.45, 2.75) is 12.6 Å². The van der Waals surface area contributed by atoms with E-state index in [1.165, 1.54) is 33.1 Å². The molecule has 0 saturated carbocycles. The van der Waals surface area contributed by atoms with Gasteiger partial charge in [0, 0.05) is 17.5 Å². The summed E-state index contributed by atoms with van der Waals surface area (Å²) in [6.45, 7) is 0.313. The highest BCUT2D eigenvalue weighted by Gasteiger charge is 2.35. The first-order valence-corrected chi connectivity index (χ1v) is 10.1. The predicted molar refractivity (Wildman–Crippen MR) is 109 cm³/mol. The second-order valence-electron chi connectivity index (χ2n) is 6.24. The molecule has 1 atom stereocenters. The standard InChI is InChI=1S/C20H23N3O5S/c1-26-16-8-13(9-17(27-2)18(16)28-3)20(25)23-12-29-11-15(23)19(24)22-10-14-6-4-5-7-21-14/h4-9,15H,10-12H2,1-3H3,(H,22,24). The fraction of sp³-hybridized carbons (Fsp3) is 0.350. The Morgan fingerprint density at radius 1 is 1.17 bits per heavy atom. The Morgan fingerprint density at radius 3 is 2.48 bits per heavy atom. The Bertz CT molecular complexity index is 853. The molecule has 0 aliphatic carbocycles. The van der Waals surface area contributed by atoms with Gasteiger partial charge in [0.05, 0.1) is 39.4 Å². The molecular formula is C20H23N3O5S. The number of hydrogen-bond donors (Lipinski definition) is 1. The zero-order valence-electron chi connectivity index (χ0n) is 16.5. The molecule has 0 bridgehead atoms. The first-order valence-electron chi connectivity index (χ1n) is 8.95. The summed E-state index contributed by atoms with van der Waals surface area (Å²) in [5, 5.41) is 2.86. The van der Waals surface area contributed by atoms with Crippen LogP contribution in [0, 0.1) is 0 Å². The van der Waals surface area contributed by atoms with Crippen LogP contribution in [0.2, 0.25) is 0 Å². The molecule has 1 N–H and O–H groups in total. The lowest BCUT2D eigenvalue weighted by molar-refractivity contribution is -0.124. The third kappa shape index (κ3) is 4.56. The van der Waals surface area contributed by atoms with Crippen LogP contribution in [0.15, 0.2) is 36.5 Å². The minimum absolute atomic E-state index is 0.207. The number of carbonyl (C=O) groups excluding carboxylic acids is 2. The maximum Gasteiger partial charge on any atom is 0.255 e. The summed E-state index contributed by atoms with van der Waals surface area (Å²) in [6.07, 6.45) is 1.67. The first-order chi connectivity index (χ1) is 14.1. The van der Waals surface area contributed by atoms with Crippen LogP contribution in [0.5, 0.6) is 17.2 Å². The summed E-state index contributed by atoms with van der Waals surface area (Å²) < 4.78 is 16.0. The third-order valence-corrected chi connectivity index (χ3v) is 5.54. The summed E-state index contributed by atoms with van der Waals surface area (Å²) in [7, 11) is 4.48. The van der Waals surface area contributed by atoms with Crippen LogP contribution in [0.25, 0.3) is 0 Å². The molecule has 0 radical (unpaired) electrons. The van der Waals surface area contributed by atoms with E-state index in [0.29, 0.717) is 41.0 Å². The van der Waals surface area contributed by atoms with Crippen LogP contribution in [0.1, 0.15) is 16.1 Å². The second-order valence-corrected chi connectivity index (χ2v) is 7.24. The van der Waals surface area contributed by atoms with Crippen molar-refractivity contribution in [1.82, 2.24) is 15.2 Å². The summed E-state index contributed by atoms with van der Waals surface area (Å²) in [6, 6.07) is 8.14. The monoisotopic (exact) mass is 417 g/mol. The molecule has 0 spiro atoms. The zero-order chi connectivity index (χ0) is 20.8. The van der Waals surface area contributed by atoms with Crippen molar-refractivity contribution in [3.05, 3.63) is 47.8 Å². The molecule has 2 heterocycles. The van der Waals surface area contributed by atoms with Crippen molar-refractivity contribution >= 4 is 23.6 Å². The summed E-state index contributed by atoms with van der Waals surface area (Å²) in [5.74, 6) is 1.67. The van der Waals surface area contributed by atoms with E-state index in [-0.39, 0.29) is 11.8 Å². The van der Waals surface area contributed by atoms with Crippen molar-refractivity contribution in [3.63, 3.8) is 0 Å². The molecule has 1 aromatic heterocycles. The van der Waals surface area contributed by atoms with Crippen LogP contribution in [-0.2, 0) is 11.3 Å². The molecule has 1 aliphatic rings. The Hall–Kier alpha value is -2.94. The van der Waals surface area contributed by atoms with Gasteiger partial charge in [0.1, 0.15) is 6.04 Å². The summed E-state index contributed by atoms with van der Waals surface area (Å²) in [4.78, 5) is 31.6. The lowest BCUT2D eigenvalue weighted by Gasteiger charge is -2.24. The van der Waals surface area contributed by atoms with E-state index in [4.69, 9.17) is 14.2 Å². The molecule has 1 fully saturated rings. The van der Waals surface area contributed by atoms with Gasteiger partial charge in [-0.2, -0.15) is 0 Å². The highest BCUT2D eigenvalue weighted by atomic mass is 32.2. The van der Waals surface area contributed by atoms with Crippen molar-refractivity contribution in [2.75, 3.05) is 33.0 Å². The van der Waals surface area contributed by atoms with Gasteiger partial charge in [-0.1, -0.05) is 6.07 Å². The summed E-state index contributed by atoms with van der Waals surface area (Å²) >= 11 is 1.53. The van der Waals surface area contributed by atoms with Crippen LogP contribution in [-0.4, -0.2) is 60.7 Å². The van der Waals surface area contributed by atoms with Crippen molar-refractivity contribution in [1.29, 1.82) is 0 Å². The maximum absolute atomic E-state index is 13.1. The molecule has 154 valence electrons. The third-order valence-electron chi connectivity index (χ3n) is 4.53.